The van der Waals surface area contributed by atoms with Gasteiger partial charge in [0.05, 0.1) is 16.0 Å². The van der Waals surface area contributed by atoms with Gasteiger partial charge in [0, 0.05) is 12.1 Å². The molecule has 0 spiro atoms. The van der Waals surface area contributed by atoms with Crippen LogP contribution in [-0.4, -0.2) is 14.5 Å². The summed E-state index contributed by atoms with van der Waals surface area (Å²) in [6, 6.07) is 2.63. The number of hydrogen-bond donors (Lipinski definition) is 1. The van der Waals surface area contributed by atoms with Gasteiger partial charge in [0.1, 0.15) is 5.02 Å². The summed E-state index contributed by atoms with van der Waals surface area (Å²) in [5, 5.41) is 10.8. The summed E-state index contributed by atoms with van der Waals surface area (Å²) < 4.78 is 1.46. The zero-order valence-corrected chi connectivity index (χ0v) is 9.99. The molecule has 90 valence electrons. The third-order valence-corrected chi connectivity index (χ3v) is 2.80. The van der Waals surface area contributed by atoms with Gasteiger partial charge in [-0.2, -0.15) is 0 Å². The summed E-state index contributed by atoms with van der Waals surface area (Å²) in [5.41, 5.74) is 0.486. The van der Waals surface area contributed by atoms with Gasteiger partial charge in [-0.25, -0.2) is 4.79 Å². The minimum absolute atomic E-state index is 0.0136. The lowest BCUT2D eigenvalue weighted by Gasteiger charge is -2.06. The van der Waals surface area contributed by atoms with Crippen molar-refractivity contribution in [1.29, 1.82) is 0 Å². The molecule has 1 aromatic heterocycles. The van der Waals surface area contributed by atoms with Crippen molar-refractivity contribution >= 4 is 28.3 Å². The highest BCUT2D eigenvalue weighted by atomic mass is 35.5. The third-order valence-electron chi connectivity index (χ3n) is 2.50. The van der Waals surface area contributed by atoms with E-state index in [1.54, 1.807) is 0 Å². The SMILES string of the molecule is CC(C)n1c(=O)[nH]c2cc(Cl)c([N+](=O)[O-])cc21. The molecule has 0 fully saturated rings. The largest absolute Gasteiger partial charge is 0.326 e. The van der Waals surface area contributed by atoms with Gasteiger partial charge in [-0.1, -0.05) is 11.6 Å². The second-order valence-corrected chi connectivity index (χ2v) is 4.38. The number of nitro benzene ring substituents is 1. The lowest BCUT2D eigenvalue weighted by atomic mass is 10.2. The van der Waals surface area contributed by atoms with Gasteiger partial charge in [0.25, 0.3) is 5.69 Å². The molecule has 0 radical (unpaired) electrons. The zero-order chi connectivity index (χ0) is 12.7. The number of halogens is 1. The maximum atomic E-state index is 11.7. The molecule has 0 saturated heterocycles. The summed E-state index contributed by atoms with van der Waals surface area (Å²) in [7, 11) is 0. The summed E-state index contributed by atoms with van der Waals surface area (Å²) in [5.74, 6) is 0. The van der Waals surface area contributed by atoms with Crippen LogP contribution in [0, 0.1) is 10.1 Å². The molecule has 7 heteroatoms. The first-order valence-corrected chi connectivity index (χ1v) is 5.37. The van der Waals surface area contributed by atoms with E-state index in [4.69, 9.17) is 11.6 Å². The van der Waals surface area contributed by atoms with Gasteiger partial charge in [0.15, 0.2) is 0 Å². The lowest BCUT2D eigenvalue weighted by molar-refractivity contribution is -0.384. The summed E-state index contributed by atoms with van der Waals surface area (Å²) in [6.45, 7) is 3.66. The van der Waals surface area contributed by atoms with Crippen LogP contribution in [0.2, 0.25) is 5.02 Å². The lowest BCUT2D eigenvalue weighted by Crippen LogP contribution is -2.18. The molecule has 0 atom stereocenters. The van der Waals surface area contributed by atoms with E-state index in [-0.39, 0.29) is 22.4 Å². The predicted octanol–water partition coefficient (Wildman–Crippen LogP) is 2.47. The summed E-state index contributed by atoms with van der Waals surface area (Å²) >= 11 is 5.77. The van der Waals surface area contributed by atoms with Crippen molar-refractivity contribution in [3.63, 3.8) is 0 Å². The molecule has 6 nitrogen and oxygen atoms in total. The number of rotatable bonds is 2. The smallest absolute Gasteiger partial charge is 0.305 e. The van der Waals surface area contributed by atoms with E-state index < -0.39 is 4.92 Å². The van der Waals surface area contributed by atoms with E-state index in [1.165, 1.54) is 16.7 Å². The maximum absolute atomic E-state index is 11.7. The van der Waals surface area contributed by atoms with E-state index in [0.29, 0.717) is 11.0 Å². The van der Waals surface area contributed by atoms with Crippen LogP contribution in [0.5, 0.6) is 0 Å². The highest BCUT2D eigenvalue weighted by molar-refractivity contribution is 6.33. The number of benzene rings is 1. The Hall–Kier alpha value is -1.82. The van der Waals surface area contributed by atoms with Gasteiger partial charge in [-0.15, -0.1) is 0 Å². The number of H-pyrrole nitrogens is 1. The van der Waals surface area contributed by atoms with Crippen LogP contribution in [0.1, 0.15) is 19.9 Å². The molecule has 17 heavy (non-hydrogen) atoms. The Labute approximate surface area is 101 Å². The highest BCUT2D eigenvalue weighted by Gasteiger charge is 2.18. The van der Waals surface area contributed by atoms with Gasteiger partial charge in [0.2, 0.25) is 0 Å². The number of nitrogens with zero attached hydrogens (tertiary/aromatic N) is 2. The van der Waals surface area contributed by atoms with Crippen molar-refractivity contribution in [3.05, 3.63) is 37.8 Å². The molecule has 1 aromatic carbocycles. The van der Waals surface area contributed by atoms with Crippen LogP contribution < -0.4 is 5.69 Å². The van der Waals surface area contributed by atoms with Crippen molar-refractivity contribution in [2.75, 3.05) is 0 Å². The van der Waals surface area contributed by atoms with Gasteiger partial charge < -0.3 is 4.98 Å². The number of hydrogen-bond acceptors (Lipinski definition) is 3. The Kier molecular flexibility index (Phi) is 2.66. The molecule has 2 aromatic rings. The average molecular weight is 256 g/mol. The third kappa shape index (κ3) is 1.80. The number of nitro groups is 1. The number of nitrogens with one attached hydrogen (secondary N) is 1. The molecule has 0 aliphatic heterocycles. The van der Waals surface area contributed by atoms with Crippen LogP contribution in [0.15, 0.2) is 16.9 Å². The Morgan fingerprint density at radius 1 is 1.47 bits per heavy atom. The number of aromatic amines is 1. The van der Waals surface area contributed by atoms with E-state index in [0.717, 1.165) is 0 Å². The minimum atomic E-state index is -0.566. The fraction of sp³-hybridized carbons (Fsp3) is 0.300. The van der Waals surface area contributed by atoms with E-state index >= 15 is 0 Å². The molecule has 2 rings (SSSR count). The Morgan fingerprint density at radius 2 is 2.12 bits per heavy atom. The number of fused-ring (bicyclic) bond motifs is 1. The highest BCUT2D eigenvalue weighted by Crippen LogP contribution is 2.29. The second kappa shape index (κ2) is 3.89. The Bertz CT molecular complexity index is 657. The van der Waals surface area contributed by atoms with E-state index in [1.807, 2.05) is 13.8 Å². The van der Waals surface area contributed by atoms with Crippen LogP contribution in [0.25, 0.3) is 11.0 Å². The number of aromatic nitrogens is 2. The Morgan fingerprint density at radius 3 is 2.65 bits per heavy atom. The fourth-order valence-electron chi connectivity index (χ4n) is 1.79. The van der Waals surface area contributed by atoms with Crippen molar-refractivity contribution in [3.8, 4) is 0 Å². The quantitative estimate of drug-likeness (QED) is 0.661. The van der Waals surface area contributed by atoms with Crippen LogP contribution >= 0.6 is 11.6 Å². The second-order valence-electron chi connectivity index (χ2n) is 3.97. The van der Waals surface area contributed by atoms with Crippen LogP contribution in [0.4, 0.5) is 5.69 Å². The molecule has 0 aliphatic rings. The van der Waals surface area contributed by atoms with Crippen LogP contribution in [0.3, 0.4) is 0 Å². The van der Waals surface area contributed by atoms with Gasteiger partial charge in [-0.05, 0) is 19.9 Å². The standard InChI is InChI=1S/C10H10ClN3O3/c1-5(2)13-9-4-8(14(16)17)6(11)3-7(9)12-10(13)15/h3-5H,1-2H3,(H,12,15). The summed E-state index contributed by atoms with van der Waals surface area (Å²) in [6.07, 6.45) is 0. The average Bonchev–Trinajstić information content (AvgIpc) is 2.51. The van der Waals surface area contributed by atoms with E-state index in [2.05, 4.69) is 4.98 Å². The monoisotopic (exact) mass is 255 g/mol. The molecular weight excluding hydrogens is 246 g/mol. The normalized spacial score (nSPS) is 11.3. The predicted molar refractivity (Wildman–Crippen MR) is 64.6 cm³/mol. The van der Waals surface area contributed by atoms with Gasteiger partial charge in [-0.3, -0.25) is 14.7 Å². The first kappa shape index (κ1) is 11.7. The molecule has 0 saturated carbocycles. The Balaban J connectivity index is 2.86. The molecule has 1 N–H and O–H groups in total. The molecule has 0 amide bonds. The van der Waals surface area contributed by atoms with Crippen molar-refractivity contribution < 1.29 is 4.92 Å². The fourth-order valence-corrected chi connectivity index (χ4v) is 2.02. The minimum Gasteiger partial charge on any atom is -0.305 e. The van der Waals surface area contributed by atoms with Crippen LogP contribution in [-0.2, 0) is 0 Å². The molecular formula is C10H10ClN3O3. The summed E-state index contributed by atoms with van der Waals surface area (Å²) in [4.78, 5) is 24.5. The molecule has 1 heterocycles. The maximum Gasteiger partial charge on any atom is 0.326 e. The topological polar surface area (TPSA) is 80.9 Å². The van der Waals surface area contributed by atoms with Crippen molar-refractivity contribution in [2.45, 2.75) is 19.9 Å². The molecule has 0 aliphatic carbocycles. The van der Waals surface area contributed by atoms with E-state index in [9.17, 15) is 14.9 Å². The molecule has 0 bridgehead atoms. The first-order valence-electron chi connectivity index (χ1n) is 5.00. The zero-order valence-electron chi connectivity index (χ0n) is 9.23. The van der Waals surface area contributed by atoms with Crippen molar-refractivity contribution in [2.24, 2.45) is 0 Å². The number of imidazole rings is 1. The van der Waals surface area contributed by atoms with Crippen molar-refractivity contribution in [1.82, 2.24) is 9.55 Å². The first-order chi connectivity index (χ1) is 7.91. The van der Waals surface area contributed by atoms with Gasteiger partial charge >= 0.3 is 5.69 Å². The molecule has 0 unspecified atom stereocenters.